The van der Waals surface area contributed by atoms with E-state index in [9.17, 15) is 18.0 Å². The van der Waals surface area contributed by atoms with Crippen LogP contribution in [0.1, 0.15) is 43.6 Å². The van der Waals surface area contributed by atoms with E-state index in [-0.39, 0.29) is 29.9 Å². The Bertz CT molecular complexity index is 509. The van der Waals surface area contributed by atoms with Crippen LogP contribution < -0.4 is 10.6 Å². The van der Waals surface area contributed by atoms with Crippen LogP contribution in [0, 0.1) is 0 Å². The predicted octanol–water partition coefficient (Wildman–Crippen LogP) is 2.33. The Morgan fingerprint density at radius 2 is 2.20 bits per heavy atom. The number of hydrogen-bond acceptors (Lipinski definition) is 3. The molecule has 1 amide bonds. The van der Waals surface area contributed by atoms with Gasteiger partial charge < -0.3 is 10.6 Å². The number of anilines is 1. The lowest BCUT2D eigenvalue weighted by molar-refractivity contribution is -0.173. The lowest BCUT2D eigenvalue weighted by Crippen LogP contribution is -2.39. The molecule has 1 aromatic heterocycles. The zero-order valence-electron chi connectivity index (χ0n) is 11.5. The molecular weight excluding hydrogens is 273 g/mol. The van der Waals surface area contributed by atoms with E-state index in [0.717, 1.165) is 4.68 Å². The fourth-order valence-electron chi connectivity index (χ4n) is 2.25. The van der Waals surface area contributed by atoms with Crippen LogP contribution in [0.4, 0.5) is 19.0 Å². The zero-order valence-corrected chi connectivity index (χ0v) is 11.5. The zero-order chi connectivity index (χ0) is 15.1. The molecule has 2 rings (SSSR count). The van der Waals surface area contributed by atoms with Crippen molar-refractivity contribution in [3.63, 3.8) is 0 Å². The van der Waals surface area contributed by atoms with Crippen molar-refractivity contribution in [1.29, 1.82) is 0 Å². The minimum Gasteiger partial charge on any atom is -0.367 e. The Morgan fingerprint density at radius 1 is 1.55 bits per heavy atom. The first-order chi connectivity index (χ1) is 9.20. The highest BCUT2D eigenvalue weighted by atomic mass is 19.4. The van der Waals surface area contributed by atoms with Crippen LogP contribution in [-0.2, 0) is 0 Å². The molecule has 0 saturated heterocycles. The van der Waals surface area contributed by atoms with Crippen LogP contribution in [0.25, 0.3) is 0 Å². The summed E-state index contributed by atoms with van der Waals surface area (Å²) >= 11 is 0. The monoisotopic (exact) mass is 290 g/mol. The number of fused-ring (bicyclic) bond motifs is 1. The highest BCUT2D eigenvalue weighted by Gasteiger charge is 2.46. The van der Waals surface area contributed by atoms with Gasteiger partial charge in [0.2, 0.25) is 0 Å². The van der Waals surface area contributed by atoms with Gasteiger partial charge in [-0.15, -0.1) is 0 Å². The predicted molar refractivity (Wildman–Crippen MR) is 67.6 cm³/mol. The van der Waals surface area contributed by atoms with Gasteiger partial charge in [0.25, 0.3) is 5.91 Å². The summed E-state index contributed by atoms with van der Waals surface area (Å²) < 4.78 is 39.9. The molecule has 0 fully saturated rings. The van der Waals surface area contributed by atoms with Gasteiger partial charge >= 0.3 is 6.18 Å². The lowest BCUT2D eigenvalue weighted by atomic mass is 10.0. The summed E-state index contributed by atoms with van der Waals surface area (Å²) in [6.07, 6.45) is -3.32. The molecule has 2 atom stereocenters. The molecule has 2 heterocycles. The fourth-order valence-corrected chi connectivity index (χ4v) is 2.25. The molecule has 1 aliphatic rings. The highest BCUT2D eigenvalue weighted by molar-refractivity contribution is 5.99. The van der Waals surface area contributed by atoms with E-state index in [4.69, 9.17) is 0 Å². The molecule has 0 radical (unpaired) electrons. The number of amides is 1. The average Bonchev–Trinajstić information content (AvgIpc) is 2.68. The van der Waals surface area contributed by atoms with Gasteiger partial charge in [-0.25, -0.2) is 4.68 Å². The minimum absolute atomic E-state index is 0.0996. The van der Waals surface area contributed by atoms with Crippen LogP contribution in [0.5, 0.6) is 0 Å². The van der Waals surface area contributed by atoms with Gasteiger partial charge in [-0.3, -0.25) is 4.79 Å². The summed E-state index contributed by atoms with van der Waals surface area (Å²) in [4.78, 5) is 12.0. The quantitative estimate of drug-likeness (QED) is 0.879. The largest absolute Gasteiger partial charge is 0.410 e. The van der Waals surface area contributed by atoms with Crippen LogP contribution in [-0.4, -0.2) is 33.9 Å². The second-order valence-electron chi connectivity index (χ2n) is 5.32. The van der Waals surface area contributed by atoms with Crippen molar-refractivity contribution >= 4 is 11.7 Å². The van der Waals surface area contributed by atoms with Gasteiger partial charge in [-0.1, -0.05) is 0 Å². The maximum absolute atomic E-state index is 13.0. The Hall–Kier alpha value is -1.73. The van der Waals surface area contributed by atoms with Crippen LogP contribution in [0.15, 0.2) is 6.20 Å². The molecule has 20 heavy (non-hydrogen) atoms. The number of carbonyl (C=O) groups is 1. The molecule has 1 aliphatic heterocycles. The Labute approximate surface area is 114 Å². The summed E-state index contributed by atoms with van der Waals surface area (Å²) in [6, 6.07) is -2.18. The van der Waals surface area contributed by atoms with E-state index in [2.05, 4.69) is 15.7 Å². The maximum Gasteiger partial charge on any atom is 0.410 e. The van der Waals surface area contributed by atoms with Gasteiger partial charge in [-0.2, -0.15) is 18.3 Å². The first-order valence-corrected chi connectivity index (χ1v) is 6.41. The molecular formula is C12H17F3N4O. The molecule has 0 aromatic carbocycles. The van der Waals surface area contributed by atoms with Gasteiger partial charge in [0.15, 0.2) is 6.04 Å². The molecule has 2 unspecified atom stereocenters. The number of carbonyl (C=O) groups excluding carboxylic acids is 1. The minimum atomic E-state index is -4.39. The number of halogens is 3. The van der Waals surface area contributed by atoms with Crippen molar-refractivity contribution in [3.05, 3.63) is 11.8 Å². The number of rotatable bonds is 2. The molecule has 0 bridgehead atoms. The average molecular weight is 290 g/mol. The smallest absolute Gasteiger partial charge is 0.367 e. The van der Waals surface area contributed by atoms with Crippen molar-refractivity contribution in [1.82, 2.24) is 15.1 Å². The molecule has 2 N–H and O–H groups in total. The molecule has 1 aromatic rings. The third-order valence-corrected chi connectivity index (χ3v) is 3.09. The topological polar surface area (TPSA) is 59.0 Å². The van der Waals surface area contributed by atoms with Gasteiger partial charge in [-0.05, 0) is 27.2 Å². The Morgan fingerprint density at radius 3 is 2.75 bits per heavy atom. The van der Waals surface area contributed by atoms with Gasteiger partial charge in [0.05, 0.1) is 6.20 Å². The SMILES string of the molecule is CC(C)NC(=O)c1cnn2c1NC(C)CC2C(F)(F)F. The summed E-state index contributed by atoms with van der Waals surface area (Å²) in [5, 5.41) is 9.30. The number of aromatic nitrogens is 2. The lowest BCUT2D eigenvalue weighted by Gasteiger charge is -2.32. The van der Waals surface area contributed by atoms with E-state index >= 15 is 0 Å². The van der Waals surface area contributed by atoms with Gasteiger partial charge in [0.1, 0.15) is 11.4 Å². The first kappa shape index (κ1) is 14.7. The Kier molecular flexibility index (Phi) is 3.66. The highest BCUT2D eigenvalue weighted by Crippen LogP contribution is 2.39. The van der Waals surface area contributed by atoms with Crippen molar-refractivity contribution in [2.45, 2.75) is 51.5 Å². The third kappa shape index (κ3) is 2.73. The van der Waals surface area contributed by atoms with E-state index in [1.54, 1.807) is 20.8 Å². The normalized spacial score (nSPS) is 22.4. The summed E-state index contributed by atoms with van der Waals surface area (Å²) in [6.45, 7) is 5.21. The molecule has 0 spiro atoms. The van der Waals surface area contributed by atoms with Crippen molar-refractivity contribution < 1.29 is 18.0 Å². The number of hydrogen-bond donors (Lipinski definition) is 2. The third-order valence-electron chi connectivity index (χ3n) is 3.09. The second kappa shape index (κ2) is 4.99. The van der Waals surface area contributed by atoms with E-state index < -0.39 is 18.1 Å². The molecule has 8 heteroatoms. The van der Waals surface area contributed by atoms with Crippen LogP contribution in [0.2, 0.25) is 0 Å². The number of alkyl halides is 3. The fraction of sp³-hybridized carbons (Fsp3) is 0.667. The summed E-state index contributed by atoms with van der Waals surface area (Å²) in [7, 11) is 0. The second-order valence-corrected chi connectivity index (χ2v) is 5.32. The summed E-state index contributed by atoms with van der Waals surface area (Å²) in [5.41, 5.74) is 0.138. The molecule has 112 valence electrons. The van der Waals surface area contributed by atoms with Crippen molar-refractivity contribution in [2.24, 2.45) is 0 Å². The Balaban J connectivity index is 2.38. The van der Waals surface area contributed by atoms with Crippen LogP contribution in [0.3, 0.4) is 0 Å². The van der Waals surface area contributed by atoms with E-state index in [0.29, 0.717) is 0 Å². The molecule has 0 aliphatic carbocycles. The van der Waals surface area contributed by atoms with Gasteiger partial charge in [0, 0.05) is 12.1 Å². The standard InChI is InChI=1S/C12H17F3N4O/c1-6(2)17-11(20)8-5-16-19-9(12(13,14)15)4-7(3)18-10(8)19/h5-7,9,18H,4H2,1-3H3,(H,17,20). The van der Waals surface area contributed by atoms with Crippen LogP contribution >= 0.6 is 0 Å². The maximum atomic E-state index is 13.0. The molecule has 5 nitrogen and oxygen atoms in total. The molecule has 0 saturated carbocycles. The first-order valence-electron chi connectivity index (χ1n) is 6.41. The number of nitrogens with zero attached hydrogens (tertiary/aromatic N) is 2. The number of nitrogens with one attached hydrogen (secondary N) is 2. The van der Waals surface area contributed by atoms with Crippen molar-refractivity contribution in [2.75, 3.05) is 5.32 Å². The van der Waals surface area contributed by atoms with E-state index in [1.165, 1.54) is 6.20 Å². The van der Waals surface area contributed by atoms with Crippen molar-refractivity contribution in [3.8, 4) is 0 Å². The summed E-state index contributed by atoms with van der Waals surface area (Å²) in [5.74, 6) is -0.298. The van der Waals surface area contributed by atoms with E-state index in [1.807, 2.05) is 0 Å².